The van der Waals surface area contributed by atoms with Crippen molar-refractivity contribution in [2.24, 2.45) is 0 Å². The third-order valence-electron chi connectivity index (χ3n) is 1.97. The van der Waals surface area contributed by atoms with Crippen molar-refractivity contribution < 1.29 is 19.5 Å². The fourth-order valence-corrected chi connectivity index (χ4v) is 1.16. The summed E-state index contributed by atoms with van der Waals surface area (Å²) >= 11 is 0. The number of aryl methyl sites for hydroxylation is 1. The van der Waals surface area contributed by atoms with Crippen molar-refractivity contribution in [3.05, 3.63) is 29.6 Å². The summed E-state index contributed by atoms with van der Waals surface area (Å²) in [5.74, 6) is -2.20. The van der Waals surface area contributed by atoms with Crippen LogP contribution < -0.4 is 10.6 Å². The fraction of sp³-hybridized carbons (Fsp3) is 0.273. The molecule has 0 radical (unpaired) electrons. The van der Waals surface area contributed by atoms with E-state index in [9.17, 15) is 14.4 Å². The van der Waals surface area contributed by atoms with Gasteiger partial charge in [-0.25, -0.2) is 4.98 Å². The van der Waals surface area contributed by atoms with Crippen LogP contribution in [-0.4, -0.2) is 41.0 Å². The lowest BCUT2D eigenvalue weighted by Crippen LogP contribution is -2.39. The number of hydrogen-bond acceptors (Lipinski definition) is 4. The first-order valence-corrected chi connectivity index (χ1v) is 5.19. The van der Waals surface area contributed by atoms with Gasteiger partial charge in [0.15, 0.2) is 0 Å². The van der Waals surface area contributed by atoms with Crippen LogP contribution in [0.15, 0.2) is 18.2 Å². The Hall–Kier alpha value is -2.44. The number of carbonyl (C=O) groups excluding carboxylic acids is 2. The standard InChI is InChI=1S/C11H13N3O4/c1-7-3-2-4-8(14-7)11(18)13-5-9(15)12-6-10(16)17/h2-4H,5-6H2,1H3,(H,12,15)(H,13,18)(H,16,17). The highest BCUT2D eigenvalue weighted by Crippen LogP contribution is 1.97. The van der Waals surface area contributed by atoms with E-state index in [4.69, 9.17) is 5.11 Å². The summed E-state index contributed by atoms with van der Waals surface area (Å²) in [4.78, 5) is 36.9. The molecule has 7 nitrogen and oxygen atoms in total. The number of carbonyl (C=O) groups is 3. The van der Waals surface area contributed by atoms with Gasteiger partial charge in [-0.05, 0) is 19.1 Å². The van der Waals surface area contributed by atoms with E-state index in [2.05, 4.69) is 15.6 Å². The van der Waals surface area contributed by atoms with Crippen LogP contribution >= 0.6 is 0 Å². The number of hydrogen-bond donors (Lipinski definition) is 3. The molecule has 0 saturated heterocycles. The largest absolute Gasteiger partial charge is 0.480 e. The second-order valence-corrected chi connectivity index (χ2v) is 3.52. The zero-order valence-corrected chi connectivity index (χ0v) is 9.77. The molecule has 0 aliphatic rings. The molecule has 18 heavy (non-hydrogen) atoms. The minimum Gasteiger partial charge on any atom is -0.480 e. The lowest BCUT2D eigenvalue weighted by molar-refractivity contribution is -0.137. The Morgan fingerprint density at radius 1 is 1.22 bits per heavy atom. The molecule has 1 aromatic rings. The second-order valence-electron chi connectivity index (χ2n) is 3.52. The number of carboxylic acid groups (broad SMARTS) is 1. The summed E-state index contributed by atoms with van der Waals surface area (Å²) in [6, 6.07) is 4.95. The third kappa shape index (κ3) is 4.60. The predicted octanol–water partition coefficient (Wildman–Crippen LogP) is -0.679. The monoisotopic (exact) mass is 251 g/mol. The lowest BCUT2D eigenvalue weighted by Gasteiger charge is -2.05. The van der Waals surface area contributed by atoms with Gasteiger partial charge < -0.3 is 15.7 Å². The molecule has 0 fully saturated rings. The smallest absolute Gasteiger partial charge is 0.322 e. The van der Waals surface area contributed by atoms with Crippen molar-refractivity contribution in [1.29, 1.82) is 0 Å². The number of pyridine rings is 1. The minimum absolute atomic E-state index is 0.209. The first-order valence-electron chi connectivity index (χ1n) is 5.19. The van der Waals surface area contributed by atoms with Crippen LogP contribution in [0.25, 0.3) is 0 Å². The Morgan fingerprint density at radius 2 is 1.94 bits per heavy atom. The number of rotatable bonds is 5. The van der Waals surface area contributed by atoms with E-state index in [0.29, 0.717) is 5.69 Å². The van der Waals surface area contributed by atoms with Crippen molar-refractivity contribution in [2.75, 3.05) is 13.1 Å². The van der Waals surface area contributed by atoms with Gasteiger partial charge in [0.1, 0.15) is 12.2 Å². The molecule has 2 amide bonds. The topological polar surface area (TPSA) is 108 Å². The van der Waals surface area contributed by atoms with Crippen molar-refractivity contribution in [1.82, 2.24) is 15.6 Å². The van der Waals surface area contributed by atoms with Crippen LogP contribution in [-0.2, 0) is 9.59 Å². The van der Waals surface area contributed by atoms with Crippen molar-refractivity contribution >= 4 is 17.8 Å². The summed E-state index contributed by atoms with van der Waals surface area (Å²) in [7, 11) is 0. The number of aromatic nitrogens is 1. The highest BCUT2D eigenvalue weighted by molar-refractivity contribution is 5.95. The van der Waals surface area contributed by atoms with Gasteiger partial charge in [0.2, 0.25) is 5.91 Å². The zero-order chi connectivity index (χ0) is 13.5. The molecule has 0 aliphatic heterocycles. The van der Waals surface area contributed by atoms with E-state index < -0.39 is 24.3 Å². The highest BCUT2D eigenvalue weighted by atomic mass is 16.4. The Balaban J connectivity index is 2.42. The zero-order valence-electron chi connectivity index (χ0n) is 9.77. The molecule has 0 saturated carbocycles. The van der Waals surface area contributed by atoms with Gasteiger partial charge in [-0.15, -0.1) is 0 Å². The van der Waals surface area contributed by atoms with E-state index in [1.807, 2.05) is 0 Å². The molecule has 1 heterocycles. The summed E-state index contributed by atoms with van der Waals surface area (Å²) in [5.41, 5.74) is 0.902. The van der Waals surface area contributed by atoms with Gasteiger partial charge in [0.05, 0.1) is 6.54 Å². The first-order chi connectivity index (χ1) is 8.49. The van der Waals surface area contributed by atoms with Crippen LogP contribution in [0.4, 0.5) is 0 Å². The Labute approximate surface area is 103 Å². The van der Waals surface area contributed by atoms with Crippen LogP contribution in [0.3, 0.4) is 0 Å². The fourth-order valence-electron chi connectivity index (χ4n) is 1.16. The number of amides is 2. The van der Waals surface area contributed by atoms with E-state index in [-0.39, 0.29) is 12.2 Å². The molecule has 1 aromatic heterocycles. The van der Waals surface area contributed by atoms with E-state index in [1.165, 1.54) is 6.07 Å². The third-order valence-corrected chi connectivity index (χ3v) is 1.97. The van der Waals surface area contributed by atoms with E-state index in [1.54, 1.807) is 19.1 Å². The van der Waals surface area contributed by atoms with Crippen molar-refractivity contribution in [2.45, 2.75) is 6.92 Å². The summed E-state index contributed by atoms with van der Waals surface area (Å²) in [6.45, 7) is 0.982. The van der Waals surface area contributed by atoms with Gasteiger partial charge in [-0.1, -0.05) is 6.07 Å². The number of nitrogens with zero attached hydrogens (tertiary/aromatic N) is 1. The maximum absolute atomic E-state index is 11.6. The highest BCUT2D eigenvalue weighted by Gasteiger charge is 2.09. The average molecular weight is 251 g/mol. The molecule has 96 valence electrons. The van der Waals surface area contributed by atoms with Gasteiger partial charge in [-0.2, -0.15) is 0 Å². The van der Waals surface area contributed by atoms with Crippen LogP contribution in [0.1, 0.15) is 16.2 Å². The van der Waals surface area contributed by atoms with Crippen molar-refractivity contribution in [3.8, 4) is 0 Å². The van der Waals surface area contributed by atoms with E-state index >= 15 is 0 Å². The molecule has 0 unspecified atom stereocenters. The molecule has 1 rings (SSSR count). The molecule has 0 aliphatic carbocycles. The summed E-state index contributed by atoms with van der Waals surface area (Å²) in [5, 5.41) is 12.8. The Bertz CT molecular complexity index is 473. The number of nitrogens with one attached hydrogen (secondary N) is 2. The molecule has 0 spiro atoms. The molecule has 0 aromatic carbocycles. The molecule has 3 N–H and O–H groups in total. The quantitative estimate of drug-likeness (QED) is 0.642. The maximum atomic E-state index is 11.6. The van der Waals surface area contributed by atoms with Gasteiger partial charge in [-0.3, -0.25) is 14.4 Å². The number of carboxylic acids is 1. The molecule has 0 bridgehead atoms. The van der Waals surface area contributed by atoms with Crippen LogP contribution in [0.5, 0.6) is 0 Å². The molecule has 0 atom stereocenters. The van der Waals surface area contributed by atoms with Crippen molar-refractivity contribution in [3.63, 3.8) is 0 Å². The van der Waals surface area contributed by atoms with E-state index in [0.717, 1.165) is 0 Å². The van der Waals surface area contributed by atoms with Gasteiger partial charge in [0.25, 0.3) is 5.91 Å². The predicted molar refractivity (Wildman–Crippen MR) is 62.0 cm³/mol. The Kier molecular flexibility index (Phi) is 4.79. The second kappa shape index (κ2) is 6.33. The van der Waals surface area contributed by atoms with Crippen LogP contribution in [0.2, 0.25) is 0 Å². The van der Waals surface area contributed by atoms with Gasteiger partial charge >= 0.3 is 5.97 Å². The maximum Gasteiger partial charge on any atom is 0.322 e. The SMILES string of the molecule is Cc1cccc(C(=O)NCC(=O)NCC(=O)O)n1. The lowest BCUT2D eigenvalue weighted by atomic mass is 10.3. The molecular formula is C11H13N3O4. The molecule has 7 heteroatoms. The number of aliphatic carboxylic acids is 1. The minimum atomic E-state index is -1.14. The first kappa shape index (κ1) is 13.6. The Morgan fingerprint density at radius 3 is 2.56 bits per heavy atom. The summed E-state index contributed by atoms with van der Waals surface area (Å²) < 4.78 is 0. The average Bonchev–Trinajstić information content (AvgIpc) is 2.33. The van der Waals surface area contributed by atoms with Gasteiger partial charge in [0, 0.05) is 5.69 Å². The molecular weight excluding hydrogens is 238 g/mol. The summed E-state index contributed by atoms with van der Waals surface area (Å²) in [6.07, 6.45) is 0. The normalized spacial score (nSPS) is 9.61. The van der Waals surface area contributed by atoms with Crippen LogP contribution in [0, 0.1) is 6.92 Å².